The Labute approximate surface area is 140 Å². The highest BCUT2D eigenvalue weighted by Crippen LogP contribution is 2.32. The summed E-state index contributed by atoms with van der Waals surface area (Å²) < 4.78 is 4.57. The fraction of sp³-hybridized carbons (Fsp3) is 0.579. The molecule has 23 heavy (non-hydrogen) atoms. The van der Waals surface area contributed by atoms with Gasteiger partial charge in [0, 0.05) is 19.2 Å². The topological polar surface area (TPSA) is 46.6 Å². The highest BCUT2D eigenvalue weighted by molar-refractivity contribution is 5.95. The Morgan fingerprint density at radius 1 is 1.13 bits per heavy atom. The second-order valence-electron chi connectivity index (χ2n) is 6.30. The van der Waals surface area contributed by atoms with Crippen molar-refractivity contribution >= 4 is 17.6 Å². The molecule has 1 aromatic carbocycles. The lowest BCUT2D eigenvalue weighted by molar-refractivity contribution is -0.141. The molecule has 0 unspecified atom stereocenters. The normalized spacial score (nSPS) is 10.4. The summed E-state index contributed by atoms with van der Waals surface area (Å²) in [4.78, 5) is 25.0. The predicted octanol–water partition coefficient (Wildman–Crippen LogP) is 4.23. The van der Waals surface area contributed by atoms with Crippen molar-refractivity contribution in [3.8, 4) is 0 Å². The Morgan fingerprint density at radius 2 is 1.70 bits per heavy atom. The SMILES string of the molecule is CC.COC(=O)CCC(=O)N(C)c1ccc(C)cc1C(C)(C)C. The molecule has 4 nitrogen and oxygen atoms in total. The largest absolute Gasteiger partial charge is 0.469 e. The van der Waals surface area contributed by atoms with Crippen LogP contribution in [0.3, 0.4) is 0 Å². The van der Waals surface area contributed by atoms with Gasteiger partial charge in [0.05, 0.1) is 13.5 Å². The number of amides is 1. The molecular weight excluding hydrogens is 290 g/mol. The molecule has 0 aliphatic carbocycles. The number of carbonyl (C=O) groups excluding carboxylic acids is 2. The molecule has 0 N–H and O–H groups in total. The first-order valence-electron chi connectivity index (χ1n) is 8.11. The van der Waals surface area contributed by atoms with Gasteiger partial charge in [-0.3, -0.25) is 9.59 Å². The maximum absolute atomic E-state index is 12.2. The number of hydrogen-bond acceptors (Lipinski definition) is 3. The first-order chi connectivity index (χ1) is 10.7. The van der Waals surface area contributed by atoms with Crippen molar-refractivity contribution in [3.63, 3.8) is 0 Å². The van der Waals surface area contributed by atoms with Gasteiger partial charge in [0.25, 0.3) is 0 Å². The first-order valence-corrected chi connectivity index (χ1v) is 8.11. The molecule has 0 saturated carbocycles. The minimum atomic E-state index is -0.364. The molecule has 130 valence electrons. The minimum Gasteiger partial charge on any atom is -0.469 e. The number of carbonyl (C=O) groups is 2. The molecule has 1 rings (SSSR count). The number of ether oxygens (including phenoxy) is 1. The standard InChI is InChI=1S/C17H25NO3.C2H6/c1-12-7-8-14(13(11-12)17(2,3)4)18(5)15(19)9-10-16(20)21-6;1-2/h7-8,11H,9-10H2,1-6H3;1-2H3. The Morgan fingerprint density at radius 3 is 2.17 bits per heavy atom. The molecule has 0 spiro atoms. The fourth-order valence-corrected chi connectivity index (χ4v) is 2.16. The zero-order chi connectivity index (χ0) is 18.2. The molecule has 0 fully saturated rings. The van der Waals surface area contributed by atoms with Crippen LogP contribution in [0.5, 0.6) is 0 Å². The van der Waals surface area contributed by atoms with Gasteiger partial charge in [-0.05, 0) is 24.0 Å². The number of aryl methyl sites for hydroxylation is 1. The van der Waals surface area contributed by atoms with Crippen molar-refractivity contribution in [2.45, 2.75) is 59.8 Å². The monoisotopic (exact) mass is 321 g/mol. The van der Waals surface area contributed by atoms with E-state index in [9.17, 15) is 9.59 Å². The highest BCUT2D eigenvalue weighted by Gasteiger charge is 2.22. The van der Waals surface area contributed by atoms with E-state index in [1.807, 2.05) is 32.9 Å². The van der Waals surface area contributed by atoms with Gasteiger partial charge in [-0.15, -0.1) is 0 Å². The van der Waals surface area contributed by atoms with Crippen LogP contribution in [-0.2, 0) is 19.7 Å². The van der Waals surface area contributed by atoms with E-state index < -0.39 is 0 Å². The maximum atomic E-state index is 12.2. The zero-order valence-corrected chi connectivity index (χ0v) is 15.8. The van der Waals surface area contributed by atoms with Gasteiger partial charge in [0.1, 0.15) is 0 Å². The molecule has 0 bridgehead atoms. The molecule has 0 aliphatic rings. The van der Waals surface area contributed by atoms with Crippen molar-refractivity contribution in [1.82, 2.24) is 0 Å². The number of benzene rings is 1. The van der Waals surface area contributed by atoms with E-state index >= 15 is 0 Å². The molecule has 0 radical (unpaired) electrons. The maximum Gasteiger partial charge on any atom is 0.306 e. The summed E-state index contributed by atoms with van der Waals surface area (Å²) >= 11 is 0. The van der Waals surface area contributed by atoms with Crippen LogP contribution in [0.15, 0.2) is 18.2 Å². The molecule has 0 aromatic heterocycles. The van der Waals surface area contributed by atoms with Crippen molar-refractivity contribution in [1.29, 1.82) is 0 Å². The van der Waals surface area contributed by atoms with Crippen LogP contribution in [0.1, 0.15) is 58.6 Å². The van der Waals surface area contributed by atoms with Crippen LogP contribution in [0.4, 0.5) is 5.69 Å². The van der Waals surface area contributed by atoms with Crippen LogP contribution < -0.4 is 4.90 Å². The smallest absolute Gasteiger partial charge is 0.306 e. The van der Waals surface area contributed by atoms with E-state index in [-0.39, 0.29) is 30.1 Å². The second-order valence-corrected chi connectivity index (χ2v) is 6.30. The second kappa shape index (κ2) is 9.33. The third-order valence-corrected chi connectivity index (χ3v) is 3.47. The molecular formula is C19H31NO3. The lowest BCUT2D eigenvalue weighted by Crippen LogP contribution is -2.29. The van der Waals surface area contributed by atoms with Crippen LogP contribution in [0.25, 0.3) is 0 Å². The van der Waals surface area contributed by atoms with Gasteiger partial charge >= 0.3 is 5.97 Å². The van der Waals surface area contributed by atoms with Gasteiger partial charge in [-0.1, -0.05) is 52.3 Å². The van der Waals surface area contributed by atoms with E-state index in [4.69, 9.17) is 0 Å². The average Bonchev–Trinajstić information content (AvgIpc) is 2.52. The van der Waals surface area contributed by atoms with Crippen molar-refractivity contribution < 1.29 is 14.3 Å². The summed E-state index contributed by atoms with van der Waals surface area (Å²) in [7, 11) is 3.08. The summed E-state index contributed by atoms with van der Waals surface area (Å²) in [6, 6.07) is 6.07. The van der Waals surface area contributed by atoms with Gasteiger partial charge in [0.2, 0.25) is 5.91 Å². The van der Waals surface area contributed by atoms with E-state index in [0.717, 1.165) is 11.3 Å². The first kappa shape index (κ1) is 21.2. The molecule has 0 aliphatic heterocycles. The Kier molecular flexibility index (Phi) is 8.59. The summed E-state index contributed by atoms with van der Waals surface area (Å²) in [5, 5.41) is 0. The molecule has 4 heteroatoms. The lowest BCUT2D eigenvalue weighted by Gasteiger charge is -2.28. The quantitative estimate of drug-likeness (QED) is 0.779. The number of rotatable bonds is 4. The van der Waals surface area contributed by atoms with Crippen molar-refractivity contribution in [3.05, 3.63) is 29.3 Å². The van der Waals surface area contributed by atoms with Crippen molar-refractivity contribution in [2.24, 2.45) is 0 Å². The third kappa shape index (κ3) is 6.43. The van der Waals surface area contributed by atoms with E-state index in [2.05, 4.69) is 31.6 Å². The molecule has 1 amide bonds. The number of hydrogen-bond donors (Lipinski definition) is 0. The van der Waals surface area contributed by atoms with Crippen molar-refractivity contribution in [2.75, 3.05) is 19.1 Å². The van der Waals surface area contributed by atoms with Crippen LogP contribution in [-0.4, -0.2) is 26.0 Å². The Balaban J connectivity index is 0.00000232. The minimum absolute atomic E-state index is 0.0573. The van der Waals surface area contributed by atoms with Gasteiger partial charge in [-0.25, -0.2) is 0 Å². The average molecular weight is 321 g/mol. The molecule has 1 aromatic rings. The number of anilines is 1. The number of methoxy groups -OCH3 is 1. The van der Waals surface area contributed by atoms with Gasteiger partial charge < -0.3 is 9.64 Å². The third-order valence-electron chi connectivity index (χ3n) is 3.47. The Bertz CT molecular complexity index is 530. The van der Waals surface area contributed by atoms with E-state index in [1.54, 1.807) is 11.9 Å². The number of nitrogens with zero attached hydrogens (tertiary/aromatic N) is 1. The highest BCUT2D eigenvalue weighted by atomic mass is 16.5. The van der Waals surface area contributed by atoms with E-state index in [0.29, 0.717) is 0 Å². The molecule has 0 heterocycles. The lowest BCUT2D eigenvalue weighted by atomic mass is 9.84. The summed E-state index contributed by atoms with van der Waals surface area (Å²) in [5.41, 5.74) is 3.12. The fourth-order valence-electron chi connectivity index (χ4n) is 2.16. The van der Waals surface area contributed by atoms with Crippen LogP contribution >= 0.6 is 0 Å². The summed E-state index contributed by atoms with van der Waals surface area (Å²) in [6.07, 6.45) is 0.261. The van der Waals surface area contributed by atoms with Gasteiger partial charge in [-0.2, -0.15) is 0 Å². The molecule has 0 saturated heterocycles. The summed E-state index contributed by atoms with van der Waals surface area (Å²) in [5.74, 6) is -0.452. The van der Waals surface area contributed by atoms with Gasteiger partial charge in [0.15, 0.2) is 0 Å². The van der Waals surface area contributed by atoms with Crippen LogP contribution in [0.2, 0.25) is 0 Å². The van der Waals surface area contributed by atoms with Crippen LogP contribution in [0, 0.1) is 6.92 Å². The summed E-state index contributed by atoms with van der Waals surface area (Å²) in [6.45, 7) is 12.4. The molecule has 0 atom stereocenters. The van der Waals surface area contributed by atoms with E-state index in [1.165, 1.54) is 12.7 Å². The zero-order valence-electron chi connectivity index (χ0n) is 15.8. The Hall–Kier alpha value is -1.84. The number of esters is 1. The predicted molar refractivity (Wildman–Crippen MR) is 95.9 cm³/mol.